The number of H-pyrrole nitrogens is 1. The highest BCUT2D eigenvalue weighted by atomic mass is 32.1. The molecule has 1 aliphatic heterocycles. The lowest BCUT2D eigenvalue weighted by Gasteiger charge is -2.19. The molecule has 1 atom stereocenters. The van der Waals surface area contributed by atoms with E-state index in [0.717, 1.165) is 0 Å². The van der Waals surface area contributed by atoms with E-state index in [9.17, 15) is 0 Å². The van der Waals surface area contributed by atoms with Gasteiger partial charge in [-0.1, -0.05) is 0 Å². The van der Waals surface area contributed by atoms with Crippen LogP contribution in [0.3, 0.4) is 0 Å². The van der Waals surface area contributed by atoms with Crippen LogP contribution in [0.5, 0.6) is 0 Å². The van der Waals surface area contributed by atoms with Gasteiger partial charge in [0.2, 0.25) is 5.89 Å². The highest BCUT2D eigenvalue weighted by Gasteiger charge is 2.20. The molecule has 1 aromatic heterocycles. The van der Waals surface area contributed by atoms with Crippen molar-refractivity contribution in [2.24, 2.45) is 0 Å². The fourth-order valence-electron chi connectivity index (χ4n) is 1.01. The third-order valence-electron chi connectivity index (χ3n) is 1.55. The number of aromatic nitrogens is 2. The predicted octanol–water partition coefficient (Wildman–Crippen LogP) is 0.820. The molecule has 0 aromatic carbocycles. The normalized spacial score (nSPS) is 24.2. The van der Waals surface area contributed by atoms with E-state index < -0.39 is 0 Å². The fourth-order valence-corrected chi connectivity index (χ4v) is 1.14. The van der Waals surface area contributed by atoms with Gasteiger partial charge in [-0.05, 0) is 12.2 Å². The summed E-state index contributed by atoms with van der Waals surface area (Å²) in [5.74, 6) is 0.458. The molecule has 0 aliphatic carbocycles. The molecule has 0 saturated carbocycles. The summed E-state index contributed by atoms with van der Waals surface area (Å²) in [6, 6.07) is 0. The van der Waals surface area contributed by atoms with Crippen molar-refractivity contribution in [1.82, 2.24) is 10.2 Å². The van der Waals surface area contributed by atoms with Gasteiger partial charge >= 0.3 is 0 Å². The molecular formula is C6H8N2O3S. The van der Waals surface area contributed by atoms with E-state index in [2.05, 4.69) is 10.2 Å². The van der Waals surface area contributed by atoms with E-state index >= 15 is 0 Å². The molecule has 1 aromatic rings. The van der Waals surface area contributed by atoms with Crippen LogP contribution >= 0.6 is 12.2 Å². The Labute approximate surface area is 73.7 Å². The molecule has 66 valence electrons. The van der Waals surface area contributed by atoms with Crippen LogP contribution < -0.4 is 0 Å². The monoisotopic (exact) mass is 188 g/mol. The van der Waals surface area contributed by atoms with E-state index in [-0.39, 0.29) is 10.9 Å². The molecule has 2 rings (SSSR count). The van der Waals surface area contributed by atoms with Crippen molar-refractivity contribution in [2.75, 3.05) is 19.8 Å². The molecule has 0 amide bonds. The number of hydrogen-bond acceptors (Lipinski definition) is 5. The minimum absolute atomic E-state index is 0.216. The van der Waals surface area contributed by atoms with Gasteiger partial charge in [-0.15, -0.1) is 5.10 Å². The lowest BCUT2D eigenvalue weighted by atomic mass is 10.3. The SMILES string of the molecule is S=c1[nH]nc(C2COCCO2)o1. The summed E-state index contributed by atoms with van der Waals surface area (Å²) in [5.41, 5.74) is 0. The number of nitrogens with zero attached hydrogens (tertiary/aromatic N) is 1. The fraction of sp³-hybridized carbons (Fsp3) is 0.667. The minimum atomic E-state index is -0.216. The number of aromatic amines is 1. The molecule has 0 bridgehead atoms. The van der Waals surface area contributed by atoms with Crippen LogP contribution in [-0.4, -0.2) is 30.0 Å². The number of ether oxygens (including phenoxy) is 2. The molecule has 1 unspecified atom stereocenters. The van der Waals surface area contributed by atoms with Crippen molar-refractivity contribution in [3.63, 3.8) is 0 Å². The zero-order valence-electron chi connectivity index (χ0n) is 6.28. The zero-order valence-corrected chi connectivity index (χ0v) is 7.10. The average molecular weight is 188 g/mol. The predicted molar refractivity (Wildman–Crippen MR) is 41.2 cm³/mol. The smallest absolute Gasteiger partial charge is 0.284 e. The van der Waals surface area contributed by atoms with Crippen LogP contribution in [0.15, 0.2) is 4.42 Å². The first kappa shape index (κ1) is 7.90. The summed E-state index contributed by atoms with van der Waals surface area (Å²) < 4.78 is 15.6. The first-order chi connectivity index (χ1) is 5.86. The lowest BCUT2D eigenvalue weighted by Crippen LogP contribution is -2.22. The van der Waals surface area contributed by atoms with Gasteiger partial charge in [0.05, 0.1) is 19.8 Å². The molecule has 5 nitrogen and oxygen atoms in total. The molecule has 0 radical (unpaired) electrons. The lowest BCUT2D eigenvalue weighted by molar-refractivity contribution is -0.0997. The highest BCUT2D eigenvalue weighted by molar-refractivity contribution is 7.71. The number of hydrogen-bond donors (Lipinski definition) is 1. The third kappa shape index (κ3) is 1.55. The van der Waals surface area contributed by atoms with Crippen LogP contribution in [-0.2, 0) is 9.47 Å². The maximum Gasteiger partial charge on any atom is 0.284 e. The molecular weight excluding hydrogens is 180 g/mol. The summed E-state index contributed by atoms with van der Waals surface area (Å²) in [6.07, 6.45) is -0.216. The first-order valence-electron chi connectivity index (χ1n) is 3.61. The van der Waals surface area contributed by atoms with Gasteiger partial charge in [0, 0.05) is 0 Å². The molecule has 1 saturated heterocycles. The first-order valence-corrected chi connectivity index (χ1v) is 4.02. The largest absolute Gasteiger partial charge is 0.411 e. The van der Waals surface area contributed by atoms with Crippen molar-refractivity contribution in [1.29, 1.82) is 0 Å². The van der Waals surface area contributed by atoms with Crippen molar-refractivity contribution in [2.45, 2.75) is 6.10 Å². The summed E-state index contributed by atoms with van der Waals surface area (Å²) >= 11 is 4.72. The molecule has 1 fully saturated rings. The molecule has 0 spiro atoms. The van der Waals surface area contributed by atoms with Gasteiger partial charge < -0.3 is 13.9 Å². The summed E-state index contributed by atoms with van der Waals surface area (Å²) in [5, 5.41) is 6.37. The topological polar surface area (TPSA) is 60.3 Å². The average Bonchev–Trinajstić information content (AvgIpc) is 2.54. The van der Waals surface area contributed by atoms with Crippen LogP contribution in [0.4, 0.5) is 0 Å². The van der Waals surface area contributed by atoms with Gasteiger partial charge in [0.15, 0.2) is 6.10 Å². The Morgan fingerprint density at radius 1 is 1.50 bits per heavy atom. The standard InChI is InChI=1S/C6H8N2O3S/c12-6-8-7-5(11-6)4-3-9-1-2-10-4/h4H,1-3H2,(H,8,12). The summed E-state index contributed by atoms with van der Waals surface area (Å²) in [7, 11) is 0. The van der Waals surface area contributed by atoms with E-state index in [1.165, 1.54) is 0 Å². The molecule has 1 N–H and O–H groups in total. The van der Waals surface area contributed by atoms with E-state index in [4.69, 9.17) is 26.1 Å². The molecule has 12 heavy (non-hydrogen) atoms. The van der Waals surface area contributed by atoms with Gasteiger partial charge in [-0.3, -0.25) is 0 Å². The Hall–Kier alpha value is -0.720. The van der Waals surface area contributed by atoms with Crippen LogP contribution in [0.1, 0.15) is 12.0 Å². The molecule has 2 heterocycles. The van der Waals surface area contributed by atoms with E-state index in [1.54, 1.807) is 0 Å². The van der Waals surface area contributed by atoms with Crippen molar-refractivity contribution in [3.8, 4) is 0 Å². The maximum atomic E-state index is 5.33. The van der Waals surface area contributed by atoms with Gasteiger partial charge in [0.1, 0.15) is 0 Å². The van der Waals surface area contributed by atoms with Gasteiger partial charge in [-0.25, -0.2) is 5.10 Å². The zero-order chi connectivity index (χ0) is 8.39. The maximum absolute atomic E-state index is 5.33. The van der Waals surface area contributed by atoms with Crippen molar-refractivity contribution >= 4 is 12.2 Å². The third-order valence-corrected chi connectivity index (χ3v) is 1.72. The van der Waals surface area contributed by atoms with E-state index in [0.29, 0.717) is 25.7 Å². The Morgan fingerprint density at radius 2 is 2.42 bits per heavy atom. The quantitative estimate of drug-likeness (QED) is 0.661. The second-order valence-electron chi connectivity index (χ2n) is 2.39. The Kier molecular flexibility index (Phi) is 2.20. The molecule has 6 heteroatoms. The second-order valence-corrected chi connectivity index (χ2v) is 2.76. The van der Waals surface area contributed by atoms with Crippen LogP contribution in [0.25, 0.3) is 0 Å². The summed E-state index contributed by atoms with van der Waals surface area (Å²) in [6.45, 7) is 1.67. The van der Waals surface area contributed by atoms with Gasteiger partial charge in [0.25, 0.3) is 4.84 Å². The minimum Gasteiger partial charge on any atom is -0.411 e. The number of rotatable bonds is 1. The van der Waals surface area contributed by atoms with Gasteiger partial charge in [-0.2, -0.15) is 0 Å². The van der Waals surface area contributed by atoms with Crippen LogP contribution in [0.2, 0.25) is 0 Å². The van der Waals surface area contributed by atoms with E-state index in [1.807, 2.05) is 0 Å². The van der Waals surface area contributed by atoms with Crippen LogP contribution in [0, 0.1) is 4.84 Å². The Morgan fingerprint density at radius 3 is 3.00 bits per heavy atom. The molecule has 1 aliphatic rings. The number of nitrogens with one attached hydrogen (secondary N) is 1. The van der Waals surface area contributed by atoms with Crippen molar-refractivity contribution in [3.05, 3.63) is 10.7 Å². The Balaban J connectivity index is 2.13. The summed E-state index contributed by atoms with van der Waals surface area (Å²) in [4.78, 5) is 0.263. The highest BCUT2D eigenvalue weighted by Crippen LogP contribution is 2.17. The van der Waals surface area contributed by atoms with Crippen molar-refractivity contribution < 1.29 is 13.9 Å². The second kappa shape index (κ2) is 3.34. The Bertz CT molecular complexity index is 302.